The van der Waals surface area contributed by atoms with Crippen LogP contribution in [0.15, 0.2) is 51.8 Å². The van der Waals surface area contributed by atoms with Gasteiger partial charge in [-0.2, -0.15) is 0 Å². The van der Waals surface area contributed by atoms with E-state index in [1.807, 2.05) is 24.3 Å². The lowest BCUT2D eigenvalue weighted by Gasteiger charge is -2.14. The second-order valence-corrected chi connectivity index (χ2v) is 8.49. The van der Waals surface area contributed by atoms with Crippen molar-refractivity contribution in [2.75, 3.05) is 18.6 Å². The van der Waals surface area contributed by atoms with Gasteiger partial charge in [0.2, 0.25) is 0 Å². The number of carbonyl (C=O) groups excluding carboxylic acids is 1. The second-order valence-electron chi connectivity index (χ2n) is 5.90. The van der Waals surface area contributed by atoms with Crippen LogP contribution < -0.4 is 14.4 Å². The average Bonchev–Trinajstić information content (AvgIpc) is 2.96. The summed E-state index contributed by atoms with van der Waals surface area (Å²) in [5, 5.41) is 8.71. The van der Waals surface area contributed by atoms with Crippen LogP contribution in [0.4, 0.5) is 5.69 Å². The van der Waals surface area contributed by atoms with Crippen molar-refractivity contribution in [1.29, 1.82) is 0 Å². The van der Waals surface area contributed by atoms with E-state index in [0.29, 0.717) is 26.4 Å². The number of amides is 1. The number of anilines is 1. The van der Waals surface area contributed by atoms with Crippen LogP contribution in [-0.2, 0) is 9.59 Å². The van der Waals surface area contributed by atoms with Gasteiger partial charge in [-0.25, -0.2) is 0 Å². The Hall–Kier alpha value is -2.36. The molecule has 29 heavy (non-hydrogen) atoms. The van der Waals surface area contributed by atoms with Gasteiger partial charge < -0.3 is 14.6 Å². The number of carboxylic acid groups (broad SMARTS) is 1. The Morgan fingerprint density at radius 1 is 1.24 bits per heavy atom. The number of rotatable bonds is 7. The maximum absolute atomic E-state index is 12.9. The first-order chi connectivity index (χ1) is 13.9. The summed E-state index contributed by atoms with van der Waals surface area (Å²) in [4.78, 5) is 25.5. The van der Waals surface area contributed by atoms with Crippen LogP contribution in [0.2, 0.25) is 0 Å². The Morgan fingerprint density at radius 2 is 1.97 bits per heavy atom. The third-order valence-electron chi connectivity index (χ3n) is 3.94. The highest BCUT2D eigenvalue weighted by atomic mass is 79.9. The van der Waals surface area contributed by atoms with E-state index in [-0.39, 0.29) is 18.9 Å². The van der Waals surface area contributed by atoms with Crippen LogP contribution in [0.1, 0.15) is 12.0 Å². The van der Waals surface area contributed by atoms with Crippen LogP contribution in [0, 0.1) is 0 Å². The van der Waals surface area contributed by atoms with E-state index in [4.69, 9.17) is 26.8 Å². The molecule has 0 unspecified atom stereocenters. The fourth-order valence-corrected chi connectivity index (χ4v) is 4.14. The van der Waals surface area contributed by atoms with Gasteiger partial charge in [-0.15, -0.1) is 0 Å². The molecule has 9 heteroatoms. The number of carbonyl (C=O) groups is 2. The summed E-state index contributed by atoms with van der Waals surface area (Å²) in [6.45, 7) is 0.0386. The Kier molecular flexibility index (Phi) is 6.94. The van der Waals surface area contributed by atoms with E-state index in [0.717, 1.165) is 10.0 Å². The van der Waals surface area contributed by atoms with Crippen molar-refractivity contribution in [3.8, 4) is 11.5 Å². The van der Waals surface area contributed by atoms with Crippen molar-refractivity contribution >= 4 is 67.9 Å². The highest BCUT2D eigenvalue weighted by Crippen LogP contribution is 2.37. The number of halogens is 1. The SMILES string of the molecule is COc1cc(/C=C2/SC(=S)N(c3ccc(Br)cc3)C2=O)ccc1OCCC(=O)O. The van der Waals surface area contributed by atoms with Crippen molar-refractivity contribution in [2.24, 2.45) is 0 Å². The molecule has 0 saturated carbocycles. The Balaban J connectivity index is 1.80. The monoisotopic (exact) mass is 493 g/mol. The number of hydrogen-bond donors (Lipinski definition) is 1. The number of thiocarbonyl (C=S) groups is 1. The summed E-state index contributed by atoms with van der Waals surface area (Å²) in [5.41, 5.74) is 1.45. The predicted molar refractivity (Wildman–Crippen MR) is 121 cm³/mol. The summed E-state index contributed by atoms with van der Waals surface area (Å²) in [7, 11) is 1.50. The van der Waals surface area contributed by atoms with E-state index in [2.05, 4.69) is 15.9 Å². The quantitative estimate of drug-likeness (QED) is 0.441. The zero-order chi connectivity index (χ0) is 21.0. The Morgan fingerprint density at radius 3 is 2.62 bits per heavy atom. The fraction of sp³-hybridized carbons (Fsp3) is 0.150. The molecule has 1 N–H and O–H groups in total. The van der Waals surface area contributed by atoms with Crippen molar-refractivity contribution < 1.29 is 24.2 Å². The van der Waals surface area contributed by atoms with Crippen LogP contribution in [-0.4, -0.2) is 35.0 Å². The molecule has 1 heterocycles. The average molecular weight is 494 g/mol. The molecule has 1 aliphatic heterocycles. The van der Waals surface area contributed by atoms with E-state index >= 15 is 0 Å². The normalized spacial score (nSPS) is 15.1. The van der Waals surface area contributed by atoms with Crippen molar-refractivity contribution in [3.63, 3.8) is 0 Å². The van der Waals surface area contributed by atoms with Crippen molar-refractivity contribution in [3.05, 3.63) is 57.4 Å². The van der Waals surface area contributed by atoms with Gasteiger partial charge in [-0.3, -0.25) is 14.5 Å². The molecule has 0 bridgehead atoms. The largest absolute Gasteiger partial charge is 0.493 e. The molecular weight excluding hydrogens is 478 g/mol. The number of benzene rings is 2. The number of hydrogen-bond acceptors (Lipinski definition) is 6. The third kappa shape index (κ3) is 5.17. The van der Waals surface area contributed by atoms with E-state index in [9.17, 15) is 9.59 Å². The molecule has 6 nitrogen and oxygen atoms in total. The molecular formula is C20H16BrNO5S2. The minimum atomic E-state index is -0.937. The first kappa shape index (κ1) is 21.4. The predicted octanol–water partition coefficient (Wildman–Crippen LogP) is 4.72. The number of nitrogens with zero attached hydrogens (tertiary/aromatic N) is 1. The third-order valence-corrected chi connectivity index (χ3v) is 5.77. The van der Waals surface area contributed by atoms with Gasteiger partial charge in [-0.05, 0) is 48.0 Å². The maximum Gasteiger partial charge on any atom is 0.306 e. The van der Waals surface area contributed by atoms with Crippen LogP contribution in [0.25, 0.3) is 6.08 Å². The standard InChI is InChI=1S/C20H16BrNO5S2/c1-26-16-10-12(2-7-15(16)27-9-8-18(23)24)11-17-19(25)22(20(28)29-17)14-5-3-13(21)4-6-14/h2-7,10-11H,8-9H2,1H3,(H,23,24)/b17-11+. The van der Waals surface area contributed by atoms with Gasteiger partial charge in [0.25, 0.3) is 5.91 Å². The topological polar surface area (TPSA) is 76.1 Å². The molecule has 2 aromatic rings. The number of methoxy groups -OCH3 is 1. The summed E-state index contributed by atoms with van der Waals surface area (Å²) >= 11 is 10.00. The molecule has 0 aromatic heterocycles. The molecule has 1 saturated heterocycles. The molecule has 3 rings (SSSR count). The van der Waals surface area contributed by atoms with E-state index in [1.165, 1.54) is 23.8 Å². The molecule has 0 spiro atoms. The highest BCUT2D eigenvalue weighted by Gasteiger charge is 2.33. The van der Waals surface area contributed by atoms with Gasteiger partial charge >= 0.3 is 5.97 Å². The second kappa shape index (κ2) is 9.43. The van der Waals surface area contributed by atoms with E-state index < -0.39 is 5.97 Å². The molecule has 150 valence electrons. The lowest BCUT2D eigenvalue weighted by molar-refractivity contribution is -0.137. The van der Waals surface area contributed by atoms with Gasteiger partial charge in [0.1, 0.15) is 0 Å². The summed E-state index contributed by atoms with van der Waals surface area (Å²) in [6, 6.07) is 12.5. The zero-order valence-electron chi connectivity index (χ0n) is 15.3. The van der Waals surface area contributed by atoms with Crippen LogP contribution in [0.3, 0.4) is 0 Å². The summed E-state index contributed by atoms with van der Waals surface area (Å²) in [5.74, 6) is -0.239. The minimum Gasteiger partial charge on any atom is -0.493 e. The molecule has 0 aliphatic carbocycles. The fourth-order valence-electron chi connectivity index (χ4n) is 2.57. The molecule has 1 amide bonds. The van der Waals surface area contributed by atoms with E-state index in [1.54, 1.807) is 24.3 Å². The van der Waals surface area contributed by atoms with Crippen LogP contribution in [0.5, 0.6) is 11.5 Å². The zero-order valence-corrected chi connectivity index (χ0v) is 18.5. The van der Waals surface area contributed by atoms with Gasteiger partial charge in [0.05, 0.1) is 30.7 Å². The molecule has 0 atom stereocenters. The smallest absolute Gasteiger partial charge is 0.306 e. The summed E-state index contributed by atoms with van der Waals surface area (Å²) in [6.07, 6.45) is 1.63. The van der Waals surface area contributed by atoms with Crippen molar-refractivity contribution in [1.82, 2.24) is 0 Å². The van der Waals surface area contributed by atoms with Crippen molar-refractivity contribution in [2.45, 2.75) is 6.42 Å². The molecule has 1 fully saturated rings. The molecule has 1 aliphatic rings. The number of aliphatic carboxylic acids is 1. The molecule has 2 aromatic carbocycles. The highest BCUT2D eigenvalue weighted by molar-refractivity contribution is 9.10. The summed E-state index contributed by atoms with van der Waals surface area (Å²) < 4.78 is 12.2. The molecule has 0 radical (unpaired) electrons. The van der Waals surface area contributed by atoms with Crippen LogP contribution >= 0.6 is 39.9 Å². The minimum absolute atomic E-state index is 0.0386. The Labute approximate surface area is 185 Å². The van der Waals surface area contributed by atoms with Gasteiger partial charge in [-0.1, -0.05) is 46.0 Å². The van der Waals surface area contributed by atoms with Gasteiger partial charge in [0, 0.05) is 4.47 Å². The first-order valence-corrected chi connectivity index (χ1v) is 10.5. The number of thioether (sulfide) groups is 1. The Bertz CT molecular complexity index is 991. The van der Waals surface area contributed by atoms with Gasteiger partial charge in [0.15, 0.2) is 15.8 Å². The number of carboxylic acids is 1. The first-order valence-electron chi connectivity index (χ1n) is 8.45. The number of ether oxygens (including phenoxy) is 2. The lowest BCUT2D eigenvalue weighted by atomic mass is 10.2. The maximum atomic E-state index is 12.9. The lowest BCUT2D eigenvalue weighted by Crippen LogP contribution is -2.27.